The van der Waals surface area contributed by atoms with Gasteiger partial charge in [0.15, 0.2) is 0 Å². The zero-order valence-corrected chi connectivity index (χ0v) is 16.5. The Kier molecular flexibility index (Phi) is 5.70. The maximum Gasteiger partial charge on any atom is 0.120 e. The highest BCUT2D eigenvalue weighted by Gasteiger charge is 2.12. The number of hydrogen-bond acceptors (Lipinski definition) is 3. The first-order valence-corrected chi connectivity index (χ1v) is 9.39. The summed E-state index contributed by atoms with van der Waals surface area (Å²) in [5.41, 5.74) is 8.17. The van der Waals surface area contributed by atoms with Gasteiger partial charge in [-0.25, -0.2) is 0 Å². The number of phenols is 1. The Balaban J connectivity index is 1.78. The largest absolute Gasteiger partial charge is 0.508 e. The second-order valence-corrected chi connectivity index (χ2v) is 7.21. The van der Waals surface area contributed by atoms with E-state index >= 15 is 0 Å². The van der Waals surface area contributed by atoms with Crippen molar-refractivity contribution < 1.29 is 5.11 Å². The van der Waals surface area contributed by atoms with Crippen LogP contribution in [0.25, 0.3) is 0 Å². The Hall–Kier alpha value is -2.94. The summed E-state index contributed by atoms with van der Waals surface area (Å²) in [6, 6.07) is 20.2. The van der Waals surface area contributed by atoms with Crippen LogP contribution in [0.2, 0.25) is 0 Å². The number of rotatable bonds is 6. The number of hydrogen-bond donors (Lipinski definition) is 3. The van der Waals surface area contributed by atoms with Crippen molar-refractivity contribution >= 4 is 11.4 Å². The molecule has 3 N–H and O–H groups in total. The third-order valence-corrected chi connectivity index (χ3v) is 4.93. The smallest absolute Gasteiger partial charge is 0.120 e. The summed E-state index contributed by atoms with van der Waals surface area (Å²) in [5, 5.41) is 17.3. The summed E-state index contributed by atoms with van der Waals surface area (Å²) in [5.74, 6) is 0.319. The van der Waals surface area contributed by atoms with Crippen molar-refractivity contribution in [1.82, 2.24) is 0 Å². The molecular weight excluding hydrogens is 332 g/mol. The maximum atomic E-state index is 10.1. The SMILES string of the molecule is Cc1cc(C)c(NCc2ccccc2N[C@@H](C)c2ccccc2O)c(C)c1. The molecule has 3 aromatic carbocycles. The molecule has 0 saturated heterocycles. The zero-order chi connectivity index (χ0) is 19.4. The second-order valence-electron chi connectivity index (χ2n) is 7.21. The molecule has 0 saturated carbocycles. The van der Waals surface area contributed by atoms with Crippen molar-refractivity contribution in [1.29, 1.82) is 0 Å². The van der Waals surface area contributed by atoms with E-state index in [1.165, 1.54) is 27.9 Å². The topological polar surface area (TPSA) is 44.3 Å². The molecule has 3 heteroatoms. The lowest BCUT2D eigenvalue weighted by Gasteiger charge is -2.20. The minimum Gasteiger partial charge on any atom is -0.508 e. The molecule has 0 radical (unpaired) electrons. The van der Waals surface area contributed by atoms with Crippen LogP contribution in [-0.4, -0.2) is 5.11 Å². The molecule has 27 heavy (non-hydrogen) atoms. The number of nitrogens with one attached hydrogen (secondary N) is 2. The summed E-state index contributed by atoms with van der Waals surface area (Å²) in [6.45, 7) is 9.22. The van der Waals surface area contributed by atoms with E-state index in [0.717, 1.165) is 17.8 Å². The molecule has 1 atom stereocenters. The van der Waals surface area contributed by atoms with Crippen molar-refractivity contribution in [2.24, 2.45) is 0 Å². The second kappa shape index (κ2) is 8.17. The third-order valence-electron chi connectivity index (χ3n) is 4.93. The Morgan fingerprint density at radius 3 is 2.22 bits per heavy atom. The molecule has 3 nitrogen and oxygen atoms in total. The monoisotopic (exact) mass is 360 g/mol. The molecule has 0 aliphatic heterocycles. The van der Waals surface area contributed by atoms with Gasteiger partial charge in [0, 0.05) is 23.5 Å². The van der Waals surface area contributed by atoms with Crippen LogP contribution in [0, 0.1) is 20.8 Å². The van der Waals surface area contributed by atoms with E-state index in [4.69, 9.17) is 0 Å². The van der Waals surface area contributed by atoms with Crippen LogP contribution in [0.4, 0.5) is 11.4 Å². The van der Waals surface area contributed by atoms with Crippen LogP contribution < -0.4 is 10.6 Å². The van der Waals surface area contributed by atoms with Gasteiger partial charge in [-0.05, 0) is 56.5 Å². The number of anilines is 2. The van der Waals surface area contributed by atoms with Gasteiger partial charge in [-0.3, -0.25) is 0 Å². The molecule has 0 aliphatic rings. The van der Waals surface area contributed by atoms with E-state index in [1.807, 2.05) is 24.3 Å². The van der Waals surface area contributed by atoms with Crippen LogP contribution in [0.1, 0.15) is 40.8 Å². The average molecular weight is 361 g/mol. The minimum absolute atomic E-state index is 0.00944. The molecule has 0 amide bonds. The van der Waals surface area contributed by atoms with Crippen molar-refractivity contribution in [3.8, 4) is 5.75 Å². The van der Waals surface area contributed by atoms with Crippen molar-refractivity contribution in [2.75, 3.05) is 10.6 Å². The van der Waals surface area contributed by atoms with Crippen molar-refractivity contribution in [3.05, 3.63) is 88.5 Å². The first-order valence-electron chi connectivity index (χ1n) is 9.39. The molecule has 0 spiro atoms. The fourth-order valence-electron chi connectivity index (χ4n) is 3.62. The number of benzene rings is 3. The van der Waals surface area contributed by atoms with E-state index < -0.39 is 0 Å². The number of phenolic OH excluding ortho intramolecular Hbond substituents is 1. The molecule has 3 aromatic rings. The van der Waals surface area contributed by atoms with Gasteiger partial charge in [0.25, 0.3) is 0 Å². The summed E-state index contributed by atoms with van der Waals surface area (Å²) in [4.78, 5) is 0. The van der Waals surface area contributed by atoms with Gasteiger partial charge in [-0.2, -0.15) is 0 Å². The average Bonchev–Trinajstić information content (AvgIpc) is 2.62. The molecule has 0 aromatic heterocycles. The molecule has 0 unspecified atom stereocenters. The maximum absolute atomic E-state index is 10.1. The lowest BCUT2D eigenvalue weighted by Crippen LogP contribution is -2.11. The summed E-state index contributed by atoms with van der Waals surface area (Å²) < 4.78 is 0. The Labute approximate surface area is 162 Å². The lowest BCUT2D eigenvalue weighted by atomic mass is 10.0. The van der Waals surface area contributed by atoms with Crippen LogP contribution in [0.15, 0.2) is 60.7 Å². The molecule has 3 rings (SSSR count). The van der Waals surface area contributed by atoms with Gasteiger partial charge < -0.3 is 15.7 Å². The fraction of sp³-hybridized carbons (Fsp3) is 0.250. The van der Waals surface area contributed by atoms with Gasteiger partial charge in [0.1, 0.15) is 5.75 Å². The van der Waals surface area contributed by atoms with Crippen LogP contribution >= 0.6 is 0 Å². The Bertz CT molecular complexity index is 910. The summed E-state index contributed by atoms with van der Waals surface area (Å²) in [7, 11) is 0. The molecule has 0 heterocycles. The van der Waals surface area contributed by atoms with Crippen LogP contribution in [0.5, 0.6) is 5.75 Å². The van der Waals surface area contributed by atoms with E-state index in [2.05, 4.69) is 68.7 Å². The van der Waals surface area contributed by atoms with E-state index in [1.54, 1.807) is 6.07 Å². The van der Waals surface area contributed by atoms with Gasteiger partial charge in [-0.1, -0.05) is 54.1 Å². The predicted octanol–water partition coefficient (Wildman–Crippen LogP) is 6.10. The molecule has 0 aliphatic carbocycles. The number of aromatic hydroxyl groups is 1. The van der Waals surface area contributed by atoms with Gasteiger partial charge in [-0.15, -0.1) is 0 Å². The zero-order valence-electron chi connectivity index (χ0n) is 16.5. The van der Waals surface area contributed by atoms with Crippen molar-refractivity contribution in [2.45, 2.75) is 40.3 Å². The van der Waals surface area contributed by atoms with Crippen molar-refractivity contribution in [3.63, 3.8) is 0 Å². The van der Waals surface area contributed by atoms with Crippen LogP contribution in [-0.2, 0) is 6.54 Å². The first kappa shape index (κ1) is 18.8. The Morgan fingerprint density at radius 1 is 0.889 bits per heavy atom. The predicted molar refractivity (Wildman–Crippen MR) is 115 cm³/mol. The minimum atomic E-state index is 0.00944. The van der Waals surface area contributed by atoms with Gasteiger partial charge in [0.05, 0.1) is 6.04 Å². The standard InChI is InChI=1S/C24H28N2O/c1-16-13-17(2)24(18(3)14-16)25-15-20-9-5-7-11-22(20)26-19(4)21-10-6-8-12-23(21)27/h5-14,19,25-27H,15H2,1-4H3/t19-/m0/s1. The normalized spacial score (nSPS) is 11.9. The van der Waals surface area contributed by atoms with E-state index in [9.17, 15) is 5.11 Å². The number of aryl methyl sites for hydroxylation is 3. The quantitative estimate of drug-likeness (QED) is 0.497. The third kappa shape index (κ3) is 4.43. The number of para-hydroxylation sites is 2. The highest BCUT2D eigenvalue weighted by atomic mass is 16.3. The lowest BCUT2D eigenvalue weighted by molar-refractivity contribution is 0.465. The van der Waals surface area contributed by atoms with Gasteiger partial charge >= 0.3 is 0 Å². The summed E-state index contributed by atoms with van der Waals surface area (Å²) in [6.07, 6.45) is 0. The van der Waals surface area contributed by atoms with E-state index in [0.29, 0.717) is 5.75 Å². The van der Waals surface area contributed by atoms with E-state index in [-0.39, 0.29) is 6.04 Å². The van der Waals surface area contributed by atoms with Gasteiger partial charge in [0.2, 0.25) is 0 Å². The molecular formula is C24H28N2O. The molecule has 140 valence electrons. The van der Waals surface area contributed by atoms with Crippen LogP contribution in [0.3, 0.4) is 0 Å². The first-order chi connectivity index (χ1) is 13.0. The fourth-order valence-corrected chi connectivity index (χ4v) is 3.62. The highest BCUT2D eigenvalue weighted by molar-refractivity contribution is 5.60. The highest BCUT2D eigenvalue weighted by Crippen LogP contribution is 2.29. The molecule has 0 bridgehead atoms. The summed E-state index contributed by atoms with van der Waals surface area (Å²) >= 11 is 0. The Morgan fingerprint density at radius 2 is 1.52 bits per heavy atom. The molecule has 0 fully saturated rings.